The number of nitrogens with zero attached hydrogens (tertiary/aromatic N) is 8. The molecule has 3 aromatic heterocycles. The average molecular weight is 473 g/mol. The van der Waals surface area contributed by atoms with E-state index in [2.05, 4.69) is 24.8 Å². The van der Waals surface area contributed by atoms with E-state index in [1.807, 2.05) is 62.7 Å². The first-order valence-electron chi connectivity index (χ1n) is 11.6. The zero-order chi connectivity index (χ0) is 24.6. The van der Waals surface area contributed by atoms with Gasteiger partial charge < -0.3 is 14.5 Å². The van der Waals surface area contributed by atoms with Gasteiger partial charge in [-0.3, -0.25) is 9.97 Å². The number of hydrogen-bond acceptors (Lipinski definition) is 8. The van der Waals surface area contributed by atoms with Crippen molar-refractivity contribution in [2.24, 2.45) is 0 Å². The summed E-state index contributed by atoms with van der Waals surface area (Å²) in [4.78, 5) is 34.3. The largest absolute Gasteiger partial charge is 0.444 e. The van der Waals surface area contributed by atoms with Crippen LogP contribution < -0.4 is 4.90 Å². The summed E-state index contributed by atoms with van der Waals surface area (Å²) in [5, 5.41) is 5.83. The molecule has 0 atom stereocenters. The van der Waals surface area contributed by atoms with Crippen molar-refractivity contribution in [3.8, 4) is 17.2 Å². The molecule has 0 aliphatic carbocycles. The maximum atomic E-state index is 12.4. The van der Waals surface area contributed by atoms with Crippen molar-refractivity contribution in [3.05, 3.63) is 54.7 Å². The second-order valence-electron chi connectivity index (χ2n) is 9.45. The van der Waals surface area contributed by atoms with E-state index in [-0.39, 0.29) is 6.09 Å². The lowest BCUT2D eigenvalue weighted by Gasteiger charge is -2.36. The highest BCUT2D eigenvalue weighted by molar-refractivity contribution is 5.93. The number of amides is 1. The molecule has 0 radical (unpaired) electrons. The number of benzene rings is 1. The molecule has 10 heteroatoms. The Kier molecular flexibility index (Phi) is 5.80. The number of aryl methyl sites for hydroxylation is 1. The molecule has 10 nitrogen and oxygen atoms in total. The van der Waals surface area contributed by atoms with Crippen molar-refractivity contribution >= 4 is 22.8 Å². The first-order chi connectivity index (χ1) is 16.8. The van der Waals surface area contributed by atoms with Gasteiger partial charge in [0.2, 0.25) is 0 Å². The summed E-state index contributed by atoms with van der Waals surface area (Å²) in [5.74, 6) is 2.12. The molecule has 1 saturated heterocycles. The van der Waals surface area contributed by atoms with E-state index in [9.17, 15) is 4.79 Å². The molecule has 0 N–H and O–H groups in total. The maximum absolute atomic E-state index is 12.4. The summed E-state index contributed by atoms with van der Waals surface area (Å²) in [7, 11) is 0. The van der Waals surface area contributed by atoms with Gasteiger partial charge in [0.15, 0.2) is 5.82 Å². The highest BCUT2D eigenvalue weighted by Gasteiger charge is 2.27. The van der Waals surface area contributed by atoms with Crippen molar-refractivity contribution < 1.29 is 9.53 Å². The number of carbonyl (C=O) groups is 1. The summed E-state index contributed by atoms with van der Waals surface area (Å²) in [5.41, 5.74) is 1.86. The van der Waals surface area contributed by atoms with E-state index < -0.39 is 5.60 Å². The van der Waals surface area contributed by atoms with Gasteiger partial charge in [0.1, 0.15) is 28.6 Å². The number of rotatable bonds is 3. The molecule has 4 heterocycles. The van der Waals surface area contributed by atoms with Crippen LogP contribution in [0.3, 0.4) is 0 Å². The predicted molar refractivity (Wildman–Crippen MR) is 132 cm³/mol. The third-order valence-electron chi connectivity index (χ3n) is 5.68. The third kappa shape index (κ3) is 4.77. The van der Waals surface area contributed by atoms with Gasteiger partial charge in [0.05, 0.1) is 11.7 Å². The molecule has 5 rings (SSSR count). The lowest BCUT2D eigenvalue weighted by molar-refractivity contribution is 0.0240. The van der Waals surface area contributed by atoms with E-state index in [4.69, 9.17) is 9.84 Å². The zero-order valence-corrected chi connectivity index (χ0v) is 20.3. The van der Waals surface area contributed by atoms with Gasteiger partial charge in [0, 0.05) is 50.0 Å². The van der Waals surface area contributed by atoms with Crippen LogP contribution >= 0.6 is 0 Å². The molecule has 0 saturated carbocycles. The van der Waals surface area contributed by atoms with Gasteiger partial charge >= 0.3 is 6.09 Å². The van der Waals surface area contributed by atoms with E-state index in [1.165, 1.54) is 0 Å². The van der Waals surface area contributed by atoms with Gasteiger partial charge in [-0.05, 0) is 33.8 Å². The number of anilines is 1. The number of ether oxygens (including phenoxy) is 1. The standard InChI is InChI=1S/C25H28N8O2/c1-17-28-21(31-11-13-32(14-12-31)24(34)35-25(2,3)4)15-22(29-17)33-20-8-6-5-7-18(20)23(30-33)19-16-26-9-10-27-19/h5-10,15-16H,11-14H2,1-4H3. The fourth-order valence-corrected chi connectivity index (χ4v) is 4.10. The Morgan fingerprint density at radius 3 is 2.46 bits per heavy atom. The van der Waals surface area contributed by atoms with Gasteiger partial charge in [-0.25, -0.2) is 19.4 Å². The Balaban J connectivity index is 1.44. The maximum Gasteiger partial charge on any atom is 0.410 e. The lowest BCUT2D eigenvalue weighted by atomic mass is 10.2. The molecule has 35 heavy (non-hydrogen) atoms. The number of aromatic nitrogens is 6. The molecular weight excluding hydrogens is 444 g/mol. The minimum Gasteiger partial charge on any atom is -0.444 e. The summed E-state index contributed by atoms with van der Waals surface area (Å²) < 4.78 is 7.34. The Morgan fingerprint density at radius 2 is 1.74 bits per heavy atom. The fourth-order valence-electron chi connectivity index (χ4n) is 4.10. The molecule has 1 fully saturated rings. The van der Waals surface area contributed by atoms with Crippen LogP contribution in [0.4, 0.5) is 10.6 Å². The SMILES string of the molecule is Cc1nc(N2CCN(C(=O)OC(C)(C)C)CC2)cc(-n2nc(-c3cnccn3)c3ccccc32)n1. The first kappa shape index (κ1) is 22.7. The summed E-state index contributed by atoms with van der Waals surface area (Å²) in [6, 6.07) is 9.93. The molecule has 180 valence electrons. The Bertz CT molecular complexity index is 1360. The van der Waals surface area contributed by atoms with Crippen LogP contribution in [0.15, 0.2) is 48.9 Å². The van der Waals surface area contributed by atoms with E-state index in [1.54, 1.807) is 23.5 Å². The lowest BCUT2D eigenvalue weighted by Crippen LogP contribution is -2.50. The number of carbonyl (C=O) groups excluding carboxylic acids is 1. The van der Waals surface area contributed by atoms with Crippen LogP contribution in [-0.4, -0.2) is 72.5 Å². The summed E-state index contributed by atoms with van der Waals surface area (Å²) in [6.07, 6.45) is 4.73. The predicted octanol–water partition coefficient (Wildman–Crippen LogP) is 3.64. The first-order valence-corrected chi connectivity index (χ1v) is 11.6. The zero-order valence-electron chi connectivity index (χ0n) is 20.3. The topological polar surface area (TPSA) is 102 Å². The van der Waals surface area contributed by atoms with Gasteiger partial charge in [-0.15, -0.1) is 0 Å². The number of para-hydroxylation sites is 1. The average Bonchev–Trinajstić information content (AvgIpc) is 3.23. The number of piperazine rings is 1. The molecule has 1 amide bonds. The normalized spacial score (nSPS) is 14.4. The molecular formula is C25H28N8O2. The molecule has 1 aliphatic heterocycles. The number of hydrogen-bond donors (Lipinski definition) is 0. The highest BCUT2D eigenvalue weighted by Crippen LogP contribution is 2.29. The van der Waals surface area contributed by atoms with Gasteiger partial charge in [-0.1, -0.05) is 18.2 Å². The highest BCUT2D eigenvalue weighted by atomic mass is 16.6. The van der Waals surface area contributed by atoms with Gasteiger partial charge in [0.25, 0.3) is 0 Å². The minimum atomic E-state index is -0.510. The second kappa shape index (κ2) is 8.94. The molecule has 1 aromatic carbocycles. The Morgan fingerprint density at radius 1 is 1.00 bits per heavy atom. The second-order valence-corrected chi connectivity index (χ2v) is 9.45. The molecule has 0 spiro atoms. The van der Waals surface area contributed by atoms with Crippen molar-refractivity contribution in [3.63, 3.8) is 0 Å². The van der Waals surface area contributed by atoms with Crippen molar-refractivity contribution in [1.82, 2.24) is 34.6 Å². The molecule has 0 unspecified atom stereocenters. The molecule has 1 aliphatic rings. The van der Waals surface area contributed by atoms with E-state index >= 15 is 0 Å². The van der Waals surface area contributed by atoms with Crippen LogP contribution in [0.1, 0.15) is 26.6 Å². The molecule has 4 aromatic rings. The van der Waals surface area contributed by atoms with Crippen molar-refractivity contribution in [2.75, 3.05) is 31.1 Å². The third-order valence-corrected chi connectivity index (χ3v) is 5.68. The van der Waals surface area contributed by atoms with E-state index in [0.717, 1.165) is 22.4 Å². The smallest absolute Gasteiger partial charge is 0.410 e. The molecule has 0 bridgehead atoms. The van der Waals surface area contributed by atoms with Crippen LogP contribution in [0.2, 0.25) is 0 Å². The van der Waals surface area contributed by atoms with Crippen LogP contribution in [0, 0.1) is 6.92 Å². The van der Waals surface area contributed by atoms with Crippen molar-refractivity contribution in [2.45, 2.75) is 33.3 Å². The minimum absolute atomic E-state index is 0.281. The monoisotopic (exact) mass is 472 g/mol. The quantitative estimate of drug-likeness (QED) is 0.445. The van der Waals surface area contributed by atoms with Crippen LogP contribution in [0.5, 0.6) is 0 Å². The fraction of sp³-hybridized carbons (Fsp3) is 0.360. The van der Waals surface area contributed by atoms with E-state index in [0.29, 0.717) is 43.5 Å². The van der Waals surface area contributed by atoms with Crippen LogP contribution in [-0.2, 0) is 4.74 Å². The Hall–Kier alpha value is -4.08. The summed E-state index contributed by atoms with van der Waals surface area (Å²) >= 11 is 0. The van der Waals surface area contributed by atoms with Crippen LogP contribution in [0.25, 0.3) is 28.1 Å². The number of fused-ring (bicyclic) bond motifs is 1. The Labute approximate surface area is 203 Å². The van der Waals surface area contributed by atoms with Gasteiger partial charge in [-0.2, -0.15) is 5.10 Å². The van der Waals surface area contributed by atoms with Crippen molar-refractivity contribution in [1.29, 1.82) is 0 Å². The summed E-state index contributed by atoms with van der Waals surface area (Å²) in [6.45, 7) is 9.94.